The molecular formula is C20H27NO3. The SMILES string of the molecule is CCCOCCC.O=C(O)CN(c1ccccc1)c1ccccc1. The molecule has 0 aliphatic heterocycles. The molecule has 0 aliphatic rings. The second-order valence-corrected chi connectivity index (χ2v) is 5.26. The van der Waals surface area contributed by atoms with Crippen molar-refractivity contribution in [1.82, 2.24) is 0 Å². The van der Waals surface area contributed by atoms with Gasteiger partial charge in [0, 0.05) is 24.6 Å². The van der Waals surface area contributed by atoms with Gasteiger partial charge < -0.3 is 14.7 Å². The van der Waals surface area contributed by atoms with Gasteiger partial charge in [-0.15, -0.1) is 0 Å². The lowest BCUT2D eigenvalue weighted by atomic mass is 10.2. The Labute approximate surface area is 144 Å². The summed E-state index contributed by atoms with van der Waals surface area (Å²) < 4.78 is 5.13. The molecule has 0 unspecified atom stereocenters. The molecule has 2 aromatic rings. The second-order valence-electron chi connectivity index (χ2n) is 5.26. The molecule has 2 aromatic carbocycles. The zero-order valence-corrected chi connectivity index (χ0v) is 14.5. The Morgan fingerprint density at radius 2 is 1.29 bits per heavy atom. The number of aliphatic carboxylic acids is 1. The monoisotopic (exact) mass is 329 g/mol. The third kappa shape index (κ3) is 7.79. The fourth-order valence-electron chi connectivity index (χ4n) is 2.07. The van der Waals surface area contributed by atoms with Crippen LogP contribution in [0.4, 0.5) is 11.4 Å². The minimum absolute atomic E-state index is 0.0476. The molecule has 0 atom stereocenters. The first-order valence-corrected chi connectivity index (χ1v) is 8.36. The summed E-state index contributed by atoms with van der Waals surface area (Å²) in [5.74, 6) is -0.849. The first-order chi connectivity index (χ1) is 11.7. The number of hydrogen-bond acceptors (Lipinski definition) is 3. The van der Waals surface area contributed by atoms with Crippen LogP contribution in [0.2, 0.25) is 0 Å². The van der Waals surface area contributed by atoms with Crippen LogP contribution in [0.25, 0.3) is 0 Å². The third-order valence-electron chi connectivity index (χ3n) is 3.13. The van der Waals surface area contributed by atoms with E-state index in [4.69, 9.17) is 9.84 Å². The Balaban J connectivity index is 0.000000351. The van der Waals surface area contributed by atoms with E-state index in [-0.39, 0.29) is 6.54 Å². The molecule has 2 rings (SSSR count). The average molecular weight is 329 g/mol. The van der Waals surface area contributed by atoms with Crippen LogP contribution in [0.5, 0.6) is 0 Å². The average Bonchev–Trinajstić information content (AvgIpc) is 2.62. The molecule has 0 radical (unpaired) electrons. The van der Waals surface area contributed by atoms with Crippen LogP contribution < -0.4 is 4.90 Å². The van der Waals surface area contributed by atoms with Gasteiger partial charge in [-0.05, 0) is 37.1 Å². The van der Waals surface area contributed by atoms with Gasteiger partial charge in [0.25, 0.3) is 0 Å². The minimum Gasteiger partial charge on any atom is -0.480 e. The Bertz CT molecular complexity index is 514. The lowest BCUT2D eigenvalue weighted by Gasteiger charge is -2.22. The van der Waals surface area contributed by atoms with Crippen LogP contribution in [-0.2, 0) is 9.53 Å². The highest BCUT2D eigenvalue weighted by Crippen LogP contribution is 2.24. The summed E-state index contributed by atoms with van der Waals surface area (Å²) in [6.07, 6.45) is 2.28. The number of ether oxygens (including phenoxy) is 1. The van der Waals surface area contributed by atoms with Gasteiger partial charge in [0.1, 0.15) is 6.54 Å². The van der Waals surface area contributed by atoms with Gasteiger partial charge in [-0.3, -0.25) is 4.79 Å². The molecular weight excluding hydrogens is 302 g/mol. The summed E-state index contributed by atoms with van der Waals surface area (Å²) in [5, 5.41) is 8.96. The molecule has 0 saturated carbocycles. The number of anilines is 2. The van der Waals surface area contributed by atoms with Gasteiger partial charge in [0.2, 0.25) is 0 Å². The first kappa shape index (κ1) is 19.7. The summed E-state index contributed by atoms with van der Waals surface area (Å²) in [4.78, 5) is 12.7. The van der Waals surface area contributed by atoms with Crippen LogP contribution in [0.3, 0.4) is 0 Å². The molecule has 0 aliphatic carbocycles. The van der Waals surface area contributed by atoms with Gasteiger partial charge in [-0.2, -0.15) is 0 Å². The number of carboxylic acid groups (broad SMARTS) is 1. The van der Waals surface area contributed by atoms with Gasteiger partial charge in [-0.25, -0.2) is 0 Å². The fraction of sp³-hybridized carbons (Fsp3) is 0.350. The third-order valence-corrected chi connectivity index (χ3v) is 3.13. The Hall–Kier alpha value is -2.33. The molecule has 4 heteroatoms. The maximum atomic E-state index is 10.9. The number of para-hydroxylation sites is 2. The van der Waals surface area contributed by atoms with Crippen molar-refractivity contribution in [3.63, 3.8) is 0 Å². The van der Waals surface area contributed by atoms with Gasteiger partial charge in [0.05, 0.1) is 0 Å². The standard InChI is InChI=1S/C14H13NO2.C6H14O/c16-14(17)11-15(12-7-3-1-4-8-12)13-9-5-2-6-10-13;1-3-5-7-6-4-2/h1-10H,11H2,(H,16,17);3-6H2,1-2H3. The van der Waals surface area contributed by atoms with Crippen molar-refractivity contribution in [3.8, 4) is 0 Å². The number of carboxylic acids is 1. The maximum absolute atomic E-state index is 10.9. The summed E-state index contributed by atoms with van der Waals surface area (Å²) in [6, 6.07) is 19.0. The van der Waals surface area contributed by atoms with E-state index in [1.165, 1.54) is 0 Å². The Morgan fingerprint density at radius 3 is 1.62 bits per heavy atom. The summed E-state index contributed by atoms with van der Waals surface area (Å²) in [5.41, 5.74) is 1.75. The number of rotatable bonds is 8. The number of nitrogens with zero attached hydrogens (tertiary/aromatic N) is 1. The molecule has 0 fully saturated rings. The van der Waals surface area contributed by atoms with Crippen LogP contribution in [0, 0.1) is 0 Å². The molecule has 0 aromatic heterocycles. The molecule has 130 valence electrons. The van der Waals surface area contributed by atoms with Crippen LogP contribution in [0.1, 0.15) is 26.7 Å². The molecule has 4 nitrogen and oxygen atoms in total. The van der Waals surface area contributed by atoms with E-state index in [0.29, 0.717) is 0 Å². The molecule has 0 spiro atoms. The molecule has 24 heavy (non-hydrogen) atoms. The quantitative estimate of drug-likeness (QED) is 0.711. The van der Waals surface area contributed by atoms with Crippen molar-refractivity contribution in [2.75, 3.05) is 24.7 Å². The fourth-order valence-corrected chi connectivity index (χ4v) is 2.07. The van der Waals surface area contributed by atoms with Crippen molar-refractivity contribution >= 4 is 17.3 Å². The van der Waals surface area contributed by atoms with Gasteiger partial charge >= 0.3 is 5.97 Å². The lowest BCUT2D eigenvalue weighted by Crippen LogP contribution is -2.24. The minimum atomic E-state index is -0.849. The van der Waals surface area contributed by atoms with Crippen molar-refractivity contribution in [2.45, 2.75) is 26.7 Å². The van der Waals surface area contributed by atoms with E-state index in [1.54, 1.807) is 4.90 Å². The zero-order valence-electron chi connectivity index (χ0n) is 14.5. The van der Waals surface area contributed by atoms with E-state index in [1.807, 2.05) is 60.7 Å². The van der Waals surface area contributed by atoms with Crippen LogP contribution >= 0.6 is 0 Å². The highest BCUT2D eigenvalue weighted by atomic mass is 16.5. The lowest BCUT2D eigenvalue weighted by molar-refractivity contribution is -0.135. The normalized spacial score (nSPS) is 9.75. The second kappa shape index (κ2) is 12.1. The highest BCUT2D eigenvalue weighted by molar-refractivity contribution is 5.78. The number of carbonyl (C=O) groups is 1. The van der Waals surface area contributed by atoms with Crippen molar-refractivity contribution in [2.24, 2.45) is 0 Å². The van der Waals surface area contributed by atoms with E-state index >= 15 is 0 Å². The highest BCUT2D eigenvalue weighted by Gasteiger charge is 2.11. The van der Waals surface area contributed by atoms with Crippen molar-refractivity contribution in [3.05, 3.63) is 60.7 Å². The summed E-state index contributed by atoms with van der Waals surface area (Å²) in [7, 11) is 0. The van der Waals surface area contributed by atoms with E-state index < -0.39 is 5.97 Å². The molecule has 1 N–H and O–H groups in total. The maximum Gasteiger partial charge on any atom is 0.323 e. The van der Waals surface area contributed by atoms with Crippen LogP contribution in [-0.4, -0.2) is 30.8 Å². The molecule has 0 heterocycles. The van der Waals surface area contributed by atoms with Crippen molar-refractivity contribution in [1.29, 1.82) is 0 Å². The van der Waals surface area contributed by atoms with E-state index in [0.717, 1.165) is 37.4 Å². The molecule has 0 bridgehead atoms. The Morgan fingerprint density at radius 1 is 0.875 bits per heavy atom. The first-order valence-electron chi connectivity index (χ1n) is 8.36. The van der Waals surface area contributed by atoms with E-state index in [2.05, 4.69) is 13.8 Å². The zero-order chi connectivity index (χ0) is 17.6. The predicted molar refractivity (Wildman–Crippen MR) is 98.9 cm³/mol. The summed E-state index contributed by atoms with van der Waals surface area (Å²) >= 11 is 0. The van der Waals surface area contributed by atoms with E-state index in [9.17, 15) is 4.79 Å². The van der Waals surface area contributed by atoms with Gasteiger partial charge in [-0.1, -0.05) is 50.2 Å². The van der Waals surface area contributed by atoms with Crippen molar-refractivity contribution < 1.29 is 14.6 Å². The number of hydrogen-bond donors (Lipinski definition) is 1. The Kier molecular flexibility index (Phi) is 9.97. The van der Waals surface area contributed by atoms with Crippen LogP contribution in [0.15, 0.2) is 60.7 Å². The largest absolute Gasteiger partial charge is 0.480 e. The van der Waals surface area contributed by atoms with Gasteiger partial charge in [0.15, 0.2) is 0 Å². The smallest absolute Gasteiger partial charge is 0.323 e. The molecule has 0 saturated heterocycles. The predicted octanol–water partition coefficient (Wildman–Crippen LogP) is 4.73. The summed E-state index contributed by atoms with van der Waals surface area (Å²) in [6.45, 7) is 6.04. The number of benzene rings is 2. The molecule has 0 amide bonds. The topological polar surface area (TPSA) is 49.8 Å².